The Morgan fingerprint density at radius 3 is 0.955 bits per heavy atom. The molecule has 0 heterocycles. The molecule has 0 N–H and O–H groups in total. The molecular weight excluding hydrogens is 264 g/mol. The predicted octanol–water partition coefficient (Wildman–Crippen LogP) is 6.27. The molecule has 0 heteroatoms. The summed E-state index contributed by atoms with van der Waals surface area (Å²) in [4.78, 5) is 0. The van der Waals surface area contributed by atoms with Crippen molar-refractivity contribution in [2.75, 3.05) is 0 Å². The lowest BCUT2D eigenvalue weighted by molar-refractivity contribution is 1.24. The third kappa shape index (κ3) is 4.33. The van der Waals surface area contributed by atoms with E-state index in [-0.39, 0.29) is 0 Å². The van der Waals surface area contributed by atoms with Crippen LogP contribution < -0.4 is 0 Å². The van der Waals surface area contributed by atoms with Gasteiger partial charge in [0, 0.05) is 0 Å². The first-order chi connectivity index (χ1) is 10.6. The van der Waals surface area contributed by atoms with E-state index in [0.717, 1.165) is 0 Å². The van der Waals surface area contributed by atoms with Crippen LogP contribution in [0.15, 0.2) is 72.8 Å². The van der Waals surface area contributed by atoms with Gasteiger partial charge >= 0.3 is 0 Å². The van der Waals surface area contributed by atoms with Gasteiger partial charge in [-0.15, -0.1) is 0 Å². The lowest BCUT2D eigenvalue weighted by Crippen LogP contribution is -1.86. The number of hydrogen-bond acceptors (Lipinski definition) is 0. The second-order valence-corrected chi connectivity index (χ2v) is 5.75. The first-order valence-electron chi connectivity index (χ1n) is 7.73. The van der Waals surface area contributed by atoms with Gasteiger partial charge in [0.2, 0.25) is 0 Å². The summed E-state index contributed by atoms with van der Waals surface area (Å²) in [6, 6.07) is 25.3. The average molecular weight is 288 g/mol. The Kier molecular flexibility index (Phi) is 5.55. The lowest BCUT2D eigenvalue weighted by atomic mass is 10.0. The van der Waals surface area contributed by atoms with Crippen LogP contribution in [0.2, 0.25) is 0 Å². The minimum atomic E-state index is 1.28. The average Bonchev–Trinajstić information content (AvgIpc) is 2.55. The summed E-state index contributed by atoms with van der Waals surface area (Å²) in [6.07, 6.45) is 0. The summed E-state index contributed by atoms with van der Waals surface area (Å²) in [6.45, 7) is 8.62. The Morgan fingerprint density at radius 1 is 0.409 bits per heavy atom. The molecule has 0 bridgehead atoms. The number of hydrogen-bond donors (Lipinski definition) is 0. The highest BCUT2D eigenvalue weighted by Gasteiger charge is 1.95. The predicted molar refractivity (Wildman–Crippen MR) is 97.3 cm³/mol. The monoisotopic (exact) mass is 288 g/mol. The summed E-state index contributed by atoms with van der Waals surface area (Å²) in [5.41, 5.74) is 8.12. The van der Waals surface area contributed by atoms with Gasteiger partial charge in [-0.2, -0.15) is 0 Å². The molecule has 0 spiro atoms. The Labute approximate surface area is 134 Å². The van der Waals surface area contributed by atoms with Gasteiger partial charge in [-0.3, -0.25) is 0 Å². The van der Waals surface area contributed by atoms with Crippen molar-refractivity contribution < 1.29 is 0 Å². The fourth-order valence-corrected chi connectivity index (χ4v) is 2.37. The fraction of sp³-hybridized carbons (Fsp3) is 0.182. The molecule has 3 aromatic rings. The van der Waals surface area contributed by atoms with Crippen molar-refractivity contribution in [3.05, 3.63) is 95.1 Å². The van der Waals surface area contributed by atoms with Crippen molar-refractivity contribution in [1.29, 1.82) is 0 Å². The summed E-state index contributed by atoms with van der Waals surface area (Å²) < 4.78 is 0. The van der Waals surface area contributed by atoms with Crippen LogP contribution in [0.1, 0.15) is 22.3 Å². The van der Waals surface area contributed by atoms with Crippen molar-refractivity contribution >= 4 is 0 Å². The highest BCUT2D eigenvalue weighted by molar-refractivity contribution is 5.62. The Bertz CT molecular complexity index is 622. The second-order valence-electron chi connectivity index (χ2n) is 5.75. The summed E-state index contributed by atoms with van der Waals surface area (Å²) in [7, 11) is 0. The first-order valence-corrected chi connectivity index (χ1v) is 7.73. The fourth-order valence-electron chi connectivity index (χ4n) is 2.37. The zero-order valence-corrected chi connectivity index (χ0v) is 13.9. The third-order valence-corrected chi connectivity index (χ3v) is 3.99. The van der Waals surface area contributed by atoms with E-state index in [0.29, 0.717) is 0 Å². The van der Waals surface area contributed by atoms with Gasteiger partial charge in [0.15, 0.2) is 0 Å². The SMILES string of the molecule is Cc1cc(C)c(C)cc1C.c1ccc(-c2ccccc2)cc1. The van der Waals surface area contributed by atoms with E-state index in [2.05, 4.69) is 88.4 Å². The molecule has 0 aliphatic rings. The second kappa shape index (κ2) is 7.61. The maximum atomic E-state index is 2.24. The minimum absolute atomic E-state index is 1.28. The molecule has 0 unspecified atom stereocenters. The summed E-state index contributed by atoms with van der Waals surface area (Å²) in [5, 5.41) is 0. The number of benzene rings is 3. The molecule has 112 valence electrons. The van der Waals surface area contributed by atoms with Crippen LogP contribution in [0.5, 0.6) is 0 Å². The summed E-state index contributed by atoms with van der Waals surface area (Å²) >= 11 is 0. The zero-order chi connectivity index (χ0) is 15.9. The maximum Gasteiger partial charge on any atom is -0.0184 e. The van der Waals surface area contributed by atoms with Crippen molar-refractivity contribution in [1.82, 2.24) is 0 Å². The molecule has 22 heavy (non-hydrogen) atoms. The Hall–Kier alpha value is -2.34. The maximum absolute atomic E-state index is 2.24. The molecule has 0 radical (unpaired) electrons. The van der Waals surface area contributed by atoms with Crippen molar-refractivity contribution in [2.45, 2.75) is 27.7 Å². The van der Waals surface area contributed by atoms with Gasteiger partial charge in [0.1, 0.15) is 0 Å². The molecule has 3 rings (SSSR count). The topological polar surface area (TPSA) is 0 Å². The molecule has 0 aromatic heterocycles. The Balaban J connectivity index is 0.000000164. The van der Waals surface area contributed by atoms with Gasteiger partial charge < -0.3 is 0 Å². The molecule has 0 aliphatic heterocycles. The molecule has 0 saturated carbocycles. The zero-order valence-electron chi connectivity index (χ0n) is 13.9. The molecule has 0 nitrogen and oxygen atoms in total. The molecule has 0 atom stereocenters. The van der Waals surface area contributed by atoms with E-state index >= 15 is 0 Å². The summed E-state index contributed by atoms with van der Waals surface area (Å²) in [5.74, 6) is 0. The van der Waals surface area contributed by atoms with Gasteiger partial charge in [0.25, 0.3) is 0 Å². The largest absolute Gasteiger partial charge is 0.0622 e. The lowest BCUT2D eigenvalue weighted by Gasteiger charge is -2.04. The highest BCUT2D eigenvalue weighted by atomic mass is 14.0. The van der Waals surface area contributed by atoms with E-state index in [1.807, 2.05) is 12.1 Å². The van der Waals surface area contributed by atoms with Gasteiger partial charge in [-0.1, -0.05) is 72.8 Å². The van der Waals surface area contributed by atoms with Gasteiger partial charge in [-0.25, -0.2) is 0 Å². The van der Waals surface area contributed by atoms with E-state index in [1.54, 1.807) is 0 Å². The standard InChI is InChI=1S/C12H10.C10H14/c1-3-7-11(8-4-1)12-9-5-2-6-10-12;1-7-5-9(3)10(4)6-8(7)2/h1-10H;5-6H,1-4H3. The highest BCUT2D eigenvalue weighted by Crippen LogP contribution is 2.17. The van der Waals surface area contributed by atoms with Gasteiger partial charge in [0.05, 0.1) is 0 Å². The van der Waals surface area contributed by atoms with Crippen molar-refractivity contribution in [3.63, 3.8) is 0 Å². The van der Waals surface area contributed by atoms with Crippen LogP contribution in [-0.4, -0.2) is 0 Å². The normalized spacial score (nSPS) is 9.82. The minimum Gasteiger partial charge on any atom is -0.0622 e. The first kappa shape index (κ1) is 16.0. The number of aryl methyl sites for hydroxylation is 4. The molecule has 0 aliphatic carbocycles. The quantitative estimate of drug-likeness (QED) is 0.494. The van der Waals surface area contributed by atoms with E-state index in [1.165, 1.54) is 33.4 Å². The van der Waals surface area contributed by atoms with Crippen LogP contribution in [0.3, 0.4) is 0 Å². The van der Waals surface area contributed by atoms with Crippen LogP contribution in [0.25, 0.3) is 11.1 Å². The third-order valence-electron chi connectivity index (χ3n) is 3.99. The molecule has 0 fully saturated rings. The molecule has 0 amide bonds. The van der Waals surface area contributed by atoms with Crippen LogP contribution in [0.4, 0.5) is 0 Å². The van der Waals surface area contributed by atoms with E-state index < -0.39 is 0 Å². The van der Waals surface area contributed by atoms with E-state index in [4.69, 9.17) is 0 Å². The van der Waals surface area contributed by atoms with Crippen molar-refractivity contribution in [2.24, 2.45) is 0 Å². The smallest absolute Gasteiger partial charge is 0.0184 e. The molecular formula is C22H24. The van der Waals surface area contributed by atoms with Gasteiger partial charge in [-0.05, 0) is 61.1 Å². The van der Waals surface area contributed by atoms with Crippen LogP contribution >= 0.6 is 0 Å². The van der Waals surface area contributed by atoms with Crippen molar-refractivity contribution in [3.8, 4) is 11.1 Å². The molecule has 0 saturated heterocycles. The molecule has 3 aromatic carbocycles. The Morgan fingerprint density at radius 2 is 0.682 bits per heavy atom. The van der Waals surface area contributed by atoms with E-state index in [9.17, 15) is 0 Å². The number of rotatable bonds is 1. The van der Waals surface area contributed by atoms with Crippen LogP contribution in [-0.2, 0) is 0 Å². The van der Waals surface area contributed by atoms with Crippen LogP contribution in [0, 0.1) is 27.7 Å².